The summed E-state index contributed by atoms with van der Waals surface area (Å²) in [5.41, 5.74) is 0. The summed E-state index contributed by atoms with van der Waals surface area (Å²) >= 11 is 0. The molecule has 0 saturated heterocycles. The molecular weight excluding hydrogens is 174 g/mol. The first-order valence-corrected chi connectivity index (χ1v) is 5.68. The van der Waals surface area contributed by atoms with E-state index in [2.05, 4.69) is 18.8 Å². The van der Waals surface area contributed by atoms with Crippen molar-refractivity contribution >= 4 is 0 Å². The van der Waals surface area contributed by atoms with Crippen LogP contribution in [0.4, 0.5) is 0 Å². The van der Waals surface area contributed by atoms with Gasteiger partial charge >= 0.3 is 0 Å². The Kier molecular flexibility index (Phi) is 10.5. The van der Waals surface area contributed by atoms with Crippen molar-refractivity contribution < 1.29 is 4.74 Å². The van der Waals surface area contributed by atoms with Crippen molar-refractivity contribution in [2.45, 2.75) is 45.1 Å². The van der Waals surface area contributed by atoms with Gasteiger partial charge < -0.3 is 10.1 Å². The molecule has 0 saturated carbocycles. The maximum atomic E-state index is 5.05. The largest absolute Gasteiger partial charge is 0.385 e. The van der Waals surface area contributed by atoms with Crippen molar-refractivity contribution in [2.24, 2.45) is 0 Å². The van der Waals surface area contributed by atoms with Gasteiger partial charge in [0.2, 0.25) is 0 Å². The number of rotatable bonds is 10. The summed E-state index contributed by atoms with van der Waals surface area (Å²) < 4.78 is 5.05. The fraction of sp³-hybridized carbons (Fsp3) is 0.833. The molecule has 1 unspecified atom stereocenters. The van der Waals surface area contributed by atoms with Crippen molar-refractivity contribution in [2.75, 3.05) is 20.3 Å². The highest BCUT2D eigenvalue weighted by Gasteiger charge is 2.05. The van der Waals surface area contributed by atoms with E-state index < -0.39 is 0 Å². The zero-order chi connectivity index (χ0) is 10.6. The first-order valence-electron chi connectivity index (χ1n) is 5.68. The second-order valence-electron chi connectivity index (χ2n) is 3.61. The van der Waals surface area contributed by atoms with E-state index >= 15 is 0 Å². The van der Waals surface area contributed by atoms with E-state index in [1.807, 2.05) is 6.08 Å². The molecule has 0 aliphatic carbocycles. The molecule has 0 spiro atoms. The Morgan fingerprint density at radius 3 is 2.64 bits per heavy atom. The number of hydrogen-bond donors (Lipinski definition) is 1. The fourth-order valence-electron chi connectivity index (χ4n) is 1.62. The molecule has 84 valence electrons. The Morgan fingerprint density at radius 1 is 1.36 bits per heavy atom. The van der Waals surface area contributed by atoms with E-state index in [-0.39, 0.29) is 0 Å². The molecule has 0 radical (unpaired) electrons. The van der Waals surface area contributed by atoms with Crippen LogP contribution in [-0.2, 0) is 4.74 Å². The van der Waals surface area contributed by atoms with E-state index in [4.69, 9.17) is 4.74 Å². The molecule has 0 aliphatic rings. The second-order valence-corrected chi connectivity index (χ2v) is 3.61. The lowest BCUT2D eigenvalue weighted by Gasteiger charge is -2.17. The lowest BCUT2D eigenvalue weighted by Crippen LogP contribution is -2.29. The van der Waals surface area contributed by atoms with Crippen LogP contribution in [-0.4, -0.2) is 26.3 Å². The van der Waals surface area contributed by atoms with Gasteiger partial charge in [0.25, 0.3) is 0 Å². The van der Waals surface area contributed by atoms with Crippen molar-refractivity contribution in [3.63, 3.8) is 0 Å². The molecule has 2 heteroatoms. The monoisotopic (exact) mass is 199 g/mol. The Morgan fingerprint density at radius 2 is 2.07 bits per heavy atom. The van der Waals surface area contributed by atoms with E-state index in [1.54, 1.807) is 7.11 Å². The summed E-state index contributed by atoms with van der Waals surface area (Å²) in [7, 11) is 1.76. The van der Waals surface area contributed by atoms with Gasteiger partial charge in [-0.2, -0.15) is 0 Å². The van der Waals surface area contributed by atoms with Crippen LogP contribution < -0.4 is 5.32 Å². The minimum atomic E-state index is 0.662. The SMILES string of the molecule is C=CCCCC(CCCOC)NCC. The molecule has 2 nitrogen and oxygen atoms in total. The normalized spacial score (nSPS) is 12.7. The quantitative estimate of drug-likeness (QED) is 0.431. The highest BCUT2D eigenvalue weighted by atomic mass is 16.5. The topological polar surface area (TPSA) is 21.3 Å². The summed E-state index contributed by atoms with van der Waals surface area (Å²) in [4.78, 5) is 0. The summed E-state index contributed by atoms with van der Waals surface area (Å²) in [5, 5.41) is 3.51. The summed E-state index contributed by atoms with van der Waals surface area (Å²) in [5.74, 6) is 0. The minimum absolute atomic E-state index is 0.662. The molecule has 0 aromatic carbocycles. The predicted octanol–water partition coefficient (Wildman–Crippen LogP) is 2.75. The van der Waals surface area contributed by atoms with E-state index in [1.165, 1.54) is 19.3 Å². The van der Waals surface area contributed by atoms with Gasteiger partial charge in [0.1, 0.15) is 0 Å². The van der Waals surface area contributed by atoms with Crippen LogP contribution in [0.5, 0.6) is 0 Å². The van der Waals surface area contributed by atoms with Gasteiger partial charge in [-0.1, -0.05) is 13.0 Å². The highest BCUT2D eigenvalue weighted by Crippen LogP contribution is 2.07. The summed E-state index contributed by atoms with van der Waals surface area (Å²) in [6, 6.07) is 0.662. The molecular formula is C12H25NO. The number of nitrogens with one attached hydrogen (secondary N) is 1. The van der Waals surface area contributed by atoms with Crippen LogP contribution in [0.25, 0.3) is 0 Å². The van der Waals surface area contributed by atoms with Crippen LogP contribution in [0.15, 0.2) is 12.7 Å². The maximum absolute atomic E-state index is 5.05. The second kappa shape index (κ2) is 10.7. The third-order valence-electron chi connectivity index (χ3n) is 2.35. The molecule has 0 heterocycles. The molecule has 14 heavy (non-hydrogen) atoms. The molecule has 0 fully saturated rings. The number of allylic oxidation sites excluding steroid dienone is 1. The molecule has 1 atom stereocenters. The third-order valence-corrected chi connectivity index (χ3v) is 2.35. The minimum Gasteiger partial charge on any atom is -0.385 e. The Labute approximate surface area is 88.7 Å². The van der Waals surface area contributed by atoms with E-state index in [0.29, 0.717) is 6.04 Å². The lowest BCUT2D eigenvalue weighted by molar-refractivity contribution is 0.188. The fourth-order valence-corrected chi connectivity index (χ4v) is 1.62. The maximum Gasteiger partial charge on any atom is 0.0462 e. The molecule has 0 bridgehead atoms. The summed E-state index contributed by atoms with van der Waals surface area (Å²) in [6.45, 7) is 7.84. The Bertz CT molecular complexity index is 125. The first-order chi connectivity index (χ1) is 6.85. The molecule has 0 aromatic rings. The molecule has 0 aromatic heterocycles. The van der Waals surface area contributed by atoms with Gasteiger partial charge in [-0.25, -0.2) is 0 Å². The highest BCUT2D eigenvalue weighted by molar-refractivity contribution is 4.71. The Balaban J connectivity index is 3.48. The molecule has 0 rings (SSSR count). The molecule has 0 amide bonds. The number of hydrogen-bond acceptors (Lipinski definition) is 2. The van der Waals surface area contributed by atoms with Crippen LogP contribution in [0.3, 0.4) is 0 Å². The number of ether oxygens (including phenoxy) is 1. The molecule has 0 aliphatic heterocycles. The van der Waals surface area contributed by atoms with Crippen LogP contribution >= 0.6 is 0 Å². The number of methoxy groups -OCH3 is 1. The smallest absolute Gasteiger partial charge is 0.0462 e. The Hall–Kier alpha value is -0.340. The third kappa shape index (κ3) is 8.27. The van der Waals surface area contributed by atoms with E-state index in [9.17, 15) is 0 Å². The van der Waals surface area contributed by atoms with Gasteiger partial charge in [0, 0.05) is 19.8 Å². The first kappa shape index (κ1) is 13.7. The van der Waals surface area contributed by atoms with Crippen LogP contribution in [0.2, 0.25) is 0 Å². The predicted molar refractivity (Wildman–Crippen MR) is 62.6 cm³/mol. The van der Waals surface area contributed by atoms with Crippen molar-refractivity contribution in [1.82, 2.24) is 5.32 Å². The van der Waals surface area contributed by atoms with Crippen LogP contribution in [0, 0.1) is 0 Å². The van der Waals surface area contributed by atoms with Gasteiger partial charge in [-0.05, 0) is 38.6 Å². The zero-order valence-electron chi connectivity index (χ0n) is 9.72. The lowest BCUT2D eigenvalue weighted by atomic mass is 10.0. The van der Waals surface area contributed by atoms with Crippen molar-refractivity contribution in [3.8, 4) is 0 Å². The summed E-state index contributed by atoms with van der Waals surface area (Å²) in [6.07, 6.45) is 8.00. The number of unbranched alkanes of at least 4 members (excludes halogenated alkanes) is 1. The van der Waals surface area contributed by atoms with Crippen molar-refractivity contribution in [3.05, 3.63) is 12.7 Å². The molecule has 1 N–H and O–H groups in total. The van der Waals surface area contributed by atoms with Crippen LogP contribution in [0.1, 0.15) is 39.0 Å². The van der Waals surface area contributed by atoms with Crippen molar-refractivity contribution in [1.29, 1.82) is 0 Å². The standard InChI is InChI=1S/C12H25NO/c1-4-6-7-9-12(13-5-2)10-8-11-14-3/h4,12-13H,1,5-11H2,2-3H3. The van der Waals surface area contributed by atoms with Gasteiger partial charge in [0.05, 0.1) is 0 Å². The van der Waals surface area contributed by atoms with E-state index in [0.717, 1.165) is 26.0 Å². The van der Waals surface area contributed by atoms with Gasteiger partial charge in [-0.15, -0.1) is 6.58 Å². The average Bonchev–Trinajstić information content (AvgIpc) is 2.18. The van der Waals surface area contributed by atoms with Gasteiger partial charge in [-0.3, -0.25) is 0 Å². The average molecular weight is 199 g/mol. The van der Waals surface area contributed by atoms with Gasteiger partial charge in [0.15, 0.2) is 0 Å². The zero-order valence-corrected chi connectivity index (χ0v) is 9.72.